The Bertz CT molecular complexity index is 235. The van der Waals surface area contributed by atoms with Crippen molar-refractivity contribution in [2.24, 2.45) is 0 Å². The summed E-state index contributed by atoms with van der Waals surface area (Å²) in [7, 11) is 0. The van der Waals surface area contributed by atoms with Crippen LogP contribution in [0.3, 0.4) is 0 Å². The normalized spacial score (nSPS) is 21.3. The van der Waals surface area contributed by atoms with E-state index in [1.807, 2.05) is 4.90 Å². The van der Waals surface area contributed by atoms with Crippen LogP contribution in [0.25, 0.3) is 0 Å². The number of nitrogens with one attached hydrogen (secondary N) is 1. The summed E-state index contributed by atoms with van der Waals surface area (Å²) >= 11 is 0. The molecule has 2 aliphatic rings. The predicted molar refractivity (Wildman–Crippen MR) is 62.1 cm³/mol. The van der Waals surface area contributed by atoms with E-state index in [0.29, 0.717) is 25.2 Å². The third-order valence-corrected chi connectivity index (χ3v) is 3.55. The SMILES string of the molecule is O=C(CNC1CC1)N(CCO)C1CCCC1. The highest BCUT2D eigenvalue weighted by Gasteiger charge is 2.27. The fraction of sp³-hybridized carbons (Fsp3) is 0.917. The monoisotopic (exact) mass is 226 g/mol. The maximum absolute atomic E-state index is 12.0. The molecule has 2 fully saturated rings. The van der Waals surface area contributed by atoms with Crippen LogP contribution in [0.4, 0.5) is 0 Å². The molecule has 4 nitrogen and oxygen atoms in total. The van der Waals surface area contributed by atoms with Crippen molar-refractivity contribution < 1.29 is 9.90 Å². The van der Waals surface area contributed by atoms with Crippen molar-refractivity contribution >= 4 is 5.91 Å². The first-order chi connectivity index (χ1) is 7.81. The third-order valence-electron chi connectivity index (χ3n) is 3.55. The molecule has 1 amide bonds. The molecule has 16 heavy (non-hydrogen) atoms. The summed E-state index contributed by atoms with van der Waals surface area (Å²) in [5.41, 5.74) is 0. The Hall–Kier alpha value is -0.610. The first-order valence-electron chi connectivity index (χ1n) is 6.45. The summed E-state index contributed by atoms with van der Waals surface area (Å²) in [5, 5.41) is 12.3. The fourth-order valence-electron chi connectivity index (χ4n) is 2.46. The van der Waals surface area contributed by atoms with Gasteiger partial charge in [0.1, 0.15) is 0 Å². The Labute approximate surface area is 97.0 Å². The largest absolute Gasteiger partial charge is 0.395 e. The van der Waals surface area contributed by atoms with E-state index in [1.165, 1.54) is 25.7 Å². The number of carbonyl (C=O) groups is 1. The first-order valence-corrected chi connectivity index (χ1v) is 6.45. The molecule has 0 heterocycles. The van der Waals surface area contributed by atoms with E-state index in [2.05, 4.69) is 5.32 Å². The molecule has 0 aliphatic heterocycles. The molecule has 2 rings (SSSR count). The minimum atomic E-state index is 0.0751. The number of rotatable bonds is 6. The van der Waals surface area contributed by atoms with Gasteiger partial charge in [-0.3, -0.25) is 4.79 Å². The summed E-state index contributed by atoms with van der Waals surface area (Å²) in [6, 6.07) is 0.948. The van der Waals surface area contributed by atoms with Gasteiger partial charge in [-0.1, -0.05) is 12.8 Å². The van der Waals surface area contributed by atoms with E-state index in [1.54, 1.807) is 0 Å². The Morgan fingerprint density at radius 2 is 1.94 bits per heavy atom. The van der Waals surface area contributed by atoms with E-state index in [4.69, 9.17) is 5.11 Å². The summed E-state index contributed by atoms with van der Waals surface area (Å²) in [5.74, 6) is 0.160. The van der Waals surface area contributed by atoms with Gasteiger partial charge in [0.15, 0.2) is 0 Å². The Kier molecular flexibility index (Phi) is 4.18. The number of nitrogens with zero attached hydrogens (tertiary/aromatic N) is 1. The third kappa shape index (κ3) is 3.19. The maximum Gasteiger partial charge on any atom is 0.236 e. The molecule has 92 valence electrons. The first kappa shape index (κ1) is 11.9. The average molecular weight is 226 g/mol. The highest BCUT2D eigenvalue weighted by atomic mass is 16.3. The highest BCUT2D eigenvalue weighted by molar-refractivity contribution is 5.78. The van der Waals surface area contributed by atoms with Crippen LogP contribution in [-0.2, 0) is 4.79 Å². The smallest absolute Gasteiger partial charge is 0.236 e. The van der Waals surface area contributed by atoms with Crippen LogP contribution >= 0.6 is 0 Å². The summed E-state index contributed by atoms with van der Waals surface area (Å²) in [6.45, 7) is 1.02. The molecule has 0 spiro atoms. The van der Waals surface area contributed by atoms with Gasteiger partial charge in [0.05, 0.1) is 13.2 Å². The maximum atomic E-state index is 12.0. The van der Waals surface area contributed by atoms with Crippen LogP contribution in [-0.4, -0.2) is 47.7 Å². The average Bonchev–Trinajstić information content (AvgIpc) is 2.97. The lowest BCUT2D eigenvalue weighted by molar-refractivity contribution is -0.133. The van der Waals surface area contributed by atoms with Crippen LogP contribution in [0, 0.1) is 0 Å². The number of aliphatic hydroxyl groups excluding tert-OH is 1. The summed E-state index contributed by atoms with van der Waals surface area (Å²) in [6.07, 6.45) is 7.06. The van der Waals surface area contributed by atoms with Gasteiger partial charge in [-0.2, -0.15) is 0 Å². The van der Waals surface area contributed by atoms with Crippen molar-refractivity contribution in [1.29, 1.82) is 0 Å². The van der Waals surface area contributed by atoms with E-state index < -0.39 is 0 Å². The molecule has 0 atom stereocenters. The molecule has 4 heteroatoms. The molecule has 0 aromatic heterocycles. The molecular formula is C12H22N2O2. The van der Waals surface area contributed by atoms with E-state index in [0.717, 1.165) is 12.8 Å². The number of hydrogen-bond donors (Lipinski definition) is 2. The molecule has 2 N–H and O–H groups in total. The second-order valence-corrected chi connectivity index (χ2v) is 4.90. The van der Waals surface area contributed by atoms with Gasteiger partial charge >= 0.3 is 0 Å². The van der Waals surface area contributed by atoms with Crippen molar-refractivity contribution in [1.82, 2.24) is 10.2 Å². The predicted octanol–water partition coefficient (Wildman–Crippen LogP) is 0.502. The van der Waals surface area contributed by atoms with Crippen LogP contribution in [0.5, 0.6) is 0 Å². The van der Waals surface area contributed by atoms with Crippen molar-refractivity contribution in [3.8, 4) is 0 Å². The lowest BCUT2D eigenvalue weighted by Crippen LogP contribution is -2.45. The van der Waals surface area contributed by atoms with E-state index in [-0.39, 0.29) is 12.5 Å². The zero-order chi connectivity index (χ0) is 11.4. The van der Waals surface area contributed by atoms with Crippen LogP contribution < -0.4 is 5.32 Å². The summed E-state index contributed by atoms with van der Waals surface area (Å²) < 4.78 is 0. The second-order valence-electron chi connectivity index (χ2n) is 4.90. The van der Waals surface area contributed by atoms with Gasteiger partial charge in [0, 0.05) is 18.6 Å². The van der Waals surface area contributed by atoms with Gasteiger partial charge in [-0.15, -0.1) is 0 Å². The van der Waals surface area contributed by atoms with Crippen molar-refractivity contribution in [3.05, 3.63) is 0 Å². The highest BCUT2D eigenvalue weighted by Crippen LogP contribution is 2.23. The minimum absolute atomic E-state index is 0.0751. The van der Waals surface area contributed by atoms with Gasteiger partial charge in [0.25, 0.3) is 0 Å². The molecule has 0 unspecified atom stereocenters. The molecule has 0 aromatic rings. The second kappa shape index (κ2) is 5.64. The van der Waals surface area contributed by atoms with Gasteiger partial charge in [-0.05, 0) is 25.7 Å². The standard InChI is InChI=1S/C12H22N2O2/c15-8-7-14(11-3-1-2-4-11)12(16)9-13-10-5-6-10/h10-11,13,15H,1-9H2. The minimum Gasteiger partial charge on any atom is -0.395 e. The molecule has 0 bridgehead atoms. The van der Waals surface area contributed by atoms with E-state index >= 15 is 0 Å². The van der Waals surface area contributed by atoms with Crippen LogP contribution in [0.2, 0.25) is 0 Å². The molecule has 0 radical (unpaired) electrons. The van der Waals surface area contributed by atoms with Gasteiger partial charge in [-0.25, -0.2) is 0 Å². The summed E-state index contributed by atoms with van der Waals surface area (Å²) in [4.78, 5) is 13.9. The van der Waals surface area contributed by atoms with Crippen molar-refractivity contribution in [2.75, 3.05) is 19.7 Å². The number of aliphatic hydroxyl groups is 1. The molecule has 2 aliphatic carbocycles. The Morgan fingerprint density at radius 1 is 1.25 bits per heavy atom. The quantitative estimate of drug-likeness (QED) is 0.693. The zero-order valence-electron chi connectivity index (χ0n) is 9.82. The Balaban J connectivity index is 1.80. The topological polar surface area (TPSA) is 52.6 Å². The fourth-order valence-corrected chi connectivity index (χ4v) is 2.46. The number of carbonyl (C=O) groups excluding carboxylic acids is 1. The lowest BCUT2D eigenvalue weighted by Gasteiger charge is -2.28. The van der Waals surface area contributed by atoms with Gasteiger partial charge in [0.2, 0.25) is 5.91 Å². The zero-order valence-corrected chi connectivity index (χ0v) is 9.82. The number of hydrogen-bond acceptors (Lipinski definition) is 3. The molecule has 0 saturated heterocycles. The molecule has 0 aromatic carbocycles. The van der Waals surface area contributed by atoms with Gasteiger partial charge < -0.3 is 15.3 Å². The molecule has 2 saturated carbocycles. The van der Waals surface area contributed by atoms with Crippen LogP contribution in [0.15, 0.2) is 0 Å². The van der Waals surface area contributed by atoms with Crippen LogP contribution in [0.1, 0.15) is 38.5 Å². The van der Waals surface area contributed by atoms with Crippen molar-refractivity contribution in [2.45, 2.75) is 50.6 Å². The molecular weight excluding hydrogens is 204 g/mol. The Morgan fingerprint density at radius 3 is 2.50 bits per heavy atom. The van der Waals surface area contributed by atoms with E-state index in [9.17, 15) is 4.79 Å². The lowest BCUT2D eigenvalue weighted by atomic mass is 10.2. The number of amides is 1. The van der Waals surface area contributed by atoms with Crippen molar-refractivity contribution in [3.63, 3.8) is 0 Å².